The van der Waals surface area contributed by atoms with E-state index in [4.69, 9.17) is 4.74 Å². The zero-order valence-electron chi connectivity index (χ0n) is 17.1. The first-order valence-corrected chi connectivity index (χ1v) is 10.2. The summed E-state index contributed by atoms with van der Waals surface area (Å²) in [6, 6.07) is 13.6. The first-order chi connectivity index (χ1) is 15.2. The number of aromatic nitrogens is 2. The summed E-state index contributed by atoms with van der Waals surface area (Å²) in [6.45, 7) is 4.73. The molecule has 0 radical (unpaired) electrons. The van der Waals surface area contributed by atoms with Crippen LogP contribution in [0.1, 0.15) is 10.4 Å². The van der Waals surface area contributed by atoms with Gasteiger partial charge in [0, 0.05) is 50.3 Å². The molecule has 0 unspecified atom stereocenters. The molecule has 1 aliphatic rings. The van der Waals surface area contributed by atoms with Crippen LogP contribution in [-0.4, -0.2) is 65.4 Å². The highest BCUT2D eigenvalue weighted by Gasteiger charge is 2.15. The lowest BCUT2D eigenvalue weighted by Crippen LogP contribution is -2.39. The minimum absolute atomic E-state index is 0.290. The lowest BCUT2D eigenvalue weighted by Gasteiger charge is -2.26. The molecule has 0 aliphatic carbocycles. The van der Waals surface area contributed by atoms with Crippen molar-refractivity contribution in [3.05, 3.63) is 66.6 Å². The van der Waals surface area contributed by atoms with Gasteiger partial charge >= 0.3 is 0 Å². The van der Waals surface area contributed by atoms with E-state index in [1.165, 1.54) is 0 Å². The van der Waals surface area contributed by atoms with Gasteiger partial charge < -0.3 is 10.1 Å². The van der Waals surface area contributed by atoms with Crippen LogP contribution in [0.3, 0.4) is 0 Å². The molecule has 1 aromatic carbocycles. The molecule has 1 saturated heterocycles. The van der Waals surface area contributed by atoms with Crippen molar-refractivity contribution in [2.45, 2.75) is 0 Å². The van der Waals surface area contributed by atoms with Crippen molar-refractivity contribution < 1.29 is 14.7 Å². The summed E-state index contributed by atoms with van der Waals surface area (Å²) in [7, 11) is 0. The van der Waals surface area contributed by atoms with Crippen molar-refractivity contribution in [3.63, 3.8) is 0 Å². The Morgan fingerprint density at radius 1 is 1.03 bits per heavy atom. The zero-order chi connectivity index (χ0) is 21.5. The van der Waals surface area contributed by atoms with Gasteiger partial charge in [0.1, 0.15) is 5.82 Å². The standard InChI is InChI=1S/C23H25N5O3/c29-23(27-30)21-14-20(16-26-22(21)25-8-9-28-10-12-31-13-11-28)18-5-3-17(4-6-18)19-2-1-7-24-15-19/h1-7,14-16,30H,8-13H2,(H,25,26)(H,27,29). The van der Waals surface area contributed by atoms with E-state index in [0.29, 0.717) is 17.9 Å². The third kappa shape index (κ3) is 5.24. The minimum atomic E-state index is -0.602. The molecule has 160 valence electrons. The van der Waals surface area contributed by atoms with E-state index < -0.39 is 5.91 Å². The molecule has 0 saturated carbocycles. The highest BCUT2D eigenvalue weighted by molar-refractivity contribution is 5.99. The van der Waals surface area contributed by atoms with Crippen LogP contribution in [0.5, 0.6) is 0 Å². The molecular formula is C23H25N5O3. The molecule has 0 bridgehead atoms. The van der Waals surface area contributed by atoms with Crippen LogP contribution in [-0.2, 0) is 4.74 Å². The number of rotatable bonds is 7. The predicted octanol–water partition coefficient (Wildman–Crippen LogP) is 2.67. The van der Waals surface area contributed by atoms with E-state index in [2.05, 4.69) is 20.2 Å². The molecule has 3 aromatic rings. The third-order valence-electron chi connectivity index (χ3n) is 5.27. The normalized spacial score (nSPS) is 14.2. The number of benzene rings is 1. The molecule has 1 aliphatic heterocycles. The molecule has 1 fully saturated rings. The zero-order valence-corrected chi connectivity index (χ0v) is 17.1. The van der Waals surface area contributed by atoms with Crippen LogP contribution in [0.2, 0.25) is 0 Å². The van der Waals surface area contributed by atoms with Crippen molar-refractivity contribution in [1.82, 2.24) is 20.3 Å². The van der Waals surface area contributed by atoms with Gasteiger partial charge in [-0.25, -0.2) is 10.5 Å². The number of nitrogens with zero attached hydrogens (tertiary/aromatic N) is 3. The summed E-state index contributed by atoms with van der Waals surface area (Å²) >= 11 is 0. The maximum Gasteiger partial charge on any atom is 0.278 e. The number of carbonyl (C=O) groups is 1. The van der Waals surface area contributed by atoms with Crippen LogP contribution in [0.25, 0.3) is 22.3 Å². The monoisotopic (exact) mass is 419 g/mol. The van der Waals surface area contributed by atoms with Crippen LogP contribution in [0.4, 0.5) is 5.82 Å². The second kappa shape index (κ2) is 10.1. The fourth-order valence-electron chi connectivity index (χ4n) is 3.54. The fraction of sp³-hybridized carbons (Fsp3) is 0.261. The minimum Gasteiger partial charge on any atom is -0.379 e. The average molecular weight is 419 g/mol. The van der Waals surface area contributed by atoms with Crippen molar-refractivity contribution in [2.75, 3.05) is 44.7 Å². The maximum atomic E-state index is 12.2. The molecular weight excluding hydrogens is 394 g/mol. The number of hydroxylamine groups is 1. The maximum absolute atomic E-state index is 12.2. The lowest BCUT2D eigenvalue weighted by molar-refractivity contribution is 0.0398. The Labute approximate surface area is 180 Å². The summed E-state index contributed by atoms with van der Waals surface area (Å²) in [5.74, 6) is -0.161. The number of ether oxygens (including phenoxy) is 1. The molecule has 8 heteroatoms. The van der Waals surface area contributed by atoms with Gasteiger partial charge in [0.05, 0.1) is 18.8 Å². The van der Waals surface area contributed by atoms with Crippen LogP contribution in [0, 0.1) is 0 Å². The second-order valence-corrected chi connectivity index (χ2v) is 7.26. The van der Waals surface area contributed by atoms with Gasteiger partial charge in [0.2, 0.25) is 0 Å². The second-order valence-electron chi connectivity index (χ2n) is 7.26. The number of amides is 1. The number of anilines is 1. The summed E-state index contributed by atoms with van der Waals surface area (Å²) in [5, 5.41) is 12.4. The van der Waals surface area contributed by atoms with E-state index in [-0.39, 0.29) is 0 Å². The van der Waals surface area contributed by atoms with Gasteiger partial charge in [-0.15, -0.1) is 0 Å². The van der Waals surface area contributed by atoms with Gasteiger partial charge in [-0.2, -0.15) is 0 Å². The topological polar surface area (TPSA) is 99.6 Å². The molecule has 4 rings (SSSR count). The van der Waals surface area contributed by atoms with Gasteiger partial charge in [0.15, 0.2) is 0 Å². The Morgan fingerprint density at radius 2 is 1.77 bits per heavy atom. The smallest absolute Gasteiger partial charge is 0.278 e. The Kier molecular flexibility index (Phi) is 6.83. The molecule has 8 nitrogen and oxygen atoms in total. The molecule has 0 atom stereocenters. The van der Waals surface area contributed by atoms with Crippen molar-refractivity contribution >= 4 is 11.7 Å². The summed E-state index contributed by atoms with van der Waals surface area (Å²) in [6.07, 6.45) is 5.29. The number of hydrogen-bond donors (Lipinski definition) is 3. The van der Waals surface area contributed by atoms with Crippen LogP contribution < -0.4 is 10.8 Å². The van der Waals surface area contributed by atoms with E-state index in [9.17, 15) is 10.0 Å². The molecule has 2 aromatic heterocycles. The Morgan fingerprint density at radius 3 is 2.45 bits per heavy atom. The predicted molar refractivity (Wildman–Crippen MR) is 118 cm³/mol. The van der Waals surface area contributed by atoms with Gasteiger partial charge in [-0.3, -0.25) is 19.9 Å². The quantitative estimate of drug-likeness (QED) is 0.400. The largest absolute Gasteiger partial charge is 0.379 e. The number of morpholine rings is 1. The first-order valence-electron chi connectivity index (χ1n) is 10.2. The Balaban J connectivity index is 1.50. The van der Waals surface area contributed by atoms with E-state index in [1.54, 1.807) is 23.9 Å². The summed E-state index contributed by atoms with van der Waals surface area (Å²) in [5.41, 5.74) is 5.81. The van der Waals surface area contributed by atoms with Crippen molar-refractivity contribution in [1.29, 1.82) is 0 Å². The first kappa shape index (κ1) is 20.9. The molecule has 0 spiro atoms. The van der Waals surface area contributed by atoms with E-state index >= 15 is 0 Å². The number of nitrogens with one attached hydrogen (secondary N) is 2. The Bertz CT molecular complexity index is 1010. The lowest BCUT2D eigenvalue weighted by atomic mass is 10.0. The molecule has 1 amide bonds. The van der Waals surface area contributed by atoms with Gasteiger partial charge in [-0.1, -0.05) is 30.3 Å². The number of carbonyl (C=O) groups excluding carboxylic acids is 1. The fourth-order valence-corrected chi connectivity index (χ4v) is 3.54. The van der Waals surface area contributed by atoms with E-state index in [0.717, 1.165) is 55.1 Å². The number of pyridine rings is 2. The summed E-state index contributed by atoms with van der Waals surface area (Å²) in [4.78, 5) is 23.1. The Hall–Kier alpha value is -3.33. The van der Waals surface area contributed by atoms with Crippen molar-refractivity contribution in [2.24, 2.45) is 0 Å². The molecule has 3 heterocycles. The third-order valence-corrected chi connectivity index (χ3v) is 5.27. The average Bonchev–Trinajstić information content (AvgIpc) is 2.85. The molecule has 3 N–H and O–H groups in total. The van der Waals surface area contributed by atoms with Crippen molar-refractivity contribution in [3.8, 4) is 22.3 Å². The number of hydrogen-bond acceptors (Lipinski definition) is 7. The highest BCUT2D eigenvalue weighted by Crippen LogP contribution is 2.26. The van der Waals surface area contributed by atoms with Crippen LogP contribution in [0.15, 0.2) is 61.1 Å². The molecule has 31 heavy (non-hydrogen) atoms. The van der Waals surface area contributed by atoms with Gasteiger partial charge in [-0.05, 0) is 28.8 Å². The SMILES string of the molecule is O=C(NO)c1cc(-c2ccc(-c3cccnc3)cc2)cnc1NCCN1CCOCC1. The van der Waals surface area contributed by atoms with E-state index in [1.807, 2.05) is 42.6 Å². The van der Waals surface area contributed by atoms with Crippen LogP contribution >= 0.6 is 0 Å². The highest BCUT2D eigenvalue weighted by atomic mass is 16.5. The summed E-state index contributed by atoms with van der Waals surface area (Å²) < 4.78 is 5.36. The van der Waals surface area contributed by atoms with Gasteiger partial charge in [0.25, 0.3) is 5.91 Å².